The normalized spacial score (nSPS) is 15.0. The number of carbonyl (C=O) groups excluding carboxylic acids is 1. The maximum absolute atomic E-state index is 12.1. The molecule has 0 saturated carbocycles. The fourth-order valence-electron chi connectivity index (χ4n) is 2.56. The molecule has 120 valence electrons. The summed E-state index contributed by atoms with van der Waals surface area (Å²) in [5.41, 5.74) is 2.40. The highest BCUT2D eigenvalue weighted by Crippen LogP contribution is 2.07. The van der Waals surface area contributed by atoms with Gasteiger partial charge in [0.1, 0.15) is 0 Å². The molecule has 0 radical (unpaired) electrons. The van der Waals surface area contributed by atoms with Crippen LogP contribution in [0, 0.1) is 6.92 Å². The summed E-state index contributed by atoms with van der Waals surface area (Å²) in [4.78, 5) is 18.5. The summed E-state index contributed by atoms with van der Waals surface area (Å²) in [7, 11) is 0. The van der Waals surface area contributed by atoms with Crippen LogP contribution in [0.25, 0.3) is 0 Å². The molecule has 2 rings (SSSR count). The minimum Gasteiger partial charge on any atom is -0.357 e. The van der Waals surface area contributed by atoms with Crippen LogP contribution >= 0.6 is 0 Å². The Kier molecular flexibility index (Phi) is 6.25. The number of hydrogen-bond donors (Lipinski definition) is 2. The summed E-state index contributed by atoms with van der Waals surface area (Å²) in [6, 6.07) is 8.31. The zero-order chi connectivity index (χ0) is 15.8. The molecule has 0 aromatic heterocycles. The fraction of sp³-hybridized carbons (Fsp3) is 0.529. The molecule has 22 heavy (non-hydrogen) atoms. The van der Waals surface area contributed by atoms with Crippen molar-refractivity contribution in [2.45, 2.75) is 33.2 Å². The highest BCUT2D eigenvalue weighted by Gasteiger charge is 2.17. The largest absolute Gasteiger partial charge is 0.357 e. The second-order valence-electron chi connectivity index (χ2n) is 5.63. The number of likely N-dealkylation sites (tertiary alicyclic amines) is 1. The molecule has 5 heteroatoms. The van der Waals surface area contributed by atoms with Gasteiger partial charge in [0, 0.05) is 19.6 Å². The molecule has 0 atom stereocenters. The highest BCUT2D eigenvalue weighted by atomic mass is 16.2. The van der Waals surface area contributed by atoms with Crippen LogP contribution in [0.3, 0.4) is 0 Å². The van der Waals surface area contributed by atoms with Gasteiger partial charge in [-0.15, -0.1) is 0 Å². The Morgan fingerprint density at radius 2 is 2.05 bits per heavy atom. The van der Waals surface area contributed by atoms with E-state index in [2.05, 4.69) is 40.7 Å². The van der Waals surface area contributed by atoms with Crippen molar-refractivity contribution in [2.24, 2.45) is 4.99 Å². The second kappa shape index (κ2) is 8.41. The zero-order valence-corrected chi connectivity index (χ0v) is 13.6. The van der Waals surface area contributed by atoms with Crippen LogP contribution in [0.15, 0.2) is 29.3 Å². The first-order chi connectivity index (χ1) is 10.7. The van der Waals surface area contributed by atoms with Crippen molar-refractivity contribution in [3.8, 4) is 0 Å². The molecular formula is C17H26N4O. The van der Waals surface area contributed by atoms with Crippen LogP contribution in [0.5, 0.6) is 0 Å². The third kappa shape index (κ3) is 5.06. The van der Waals surface area contributed by atoms with Crippen molar-refractivity contribution < 1.29 is 4.79 Å². The minimum atomic E-state index is 0.152. The standard InChI is InChI=1S/C17H26N4O/c1-3-18-17(19-12-15-8-6-7-14(2)11-15)20-13-16(22)21-9-4-5-10-21/h6-8,11H,3-5,9-10,12-13H2,1-2H3,(H2,18,19,20). The quantitative estimate of drug-likeness (QED) is 0.642. The average molecular weight is 302 g/mol. The Morgan fingerprint density at radius 1 is 1.27 bits per heavy atom. The van der Waals surface area contributed by atoms with Crippen molar-refractivity contribution in [3.05, 3.63) is 35.4 Å². The Hall–Kier alpha value is -2.04. The summed E-state index contributed by atoms with van der Waals surface area (Å²) < 4.78 is 0. The predicted octanol–water partition coefficient (Wildman–Crippen LogP) is 1.67. The number of nitrogens with one attached hydrogen (secondary N) is 2. The van der Waals surface area contributed by atoms with E-state index >= 15 is 0 Å². The lowest BCUT2D eigenvalue weighted by Gasteiger charge is -2.17. The van der Waals surface area contributed by atoms with Crippen molar-refractivity contribution in [1.82, 2.24) is 15.5 Å². The van der Waals surface area contributed by atoms with Gasteiger partial charge < -0.3 is 15.5 Å². The number of hydrogen-bond acceptors (Lipinski definition) is 2. The smallest absolute Gasteiger partial charge is 0.241 e. The number of aliphatic imine (C=N–C) groups is 1. The Bertz CT molecular complexity index is 521. The third-order valence-corrected chi connectivity index (χ3v) is 3.71. The van der Waals surface area contributed by atoms with E-state index in [1.54, 1.807) is 0 Å². The molecule has 1 fully saturated rings. The van der Waals surface area contributed by atoms with Crippen molar-refractivity contribution >= 4 is 11.9 Å². The molecule has 0 spiro atoms. The molecule has 0 aliphatic carbocycles. The van der Waals surface area contributed by atoms with Crippen LogP contribution in [0.1, 0.15) is 30.9 Å². The van der Waals surface area contributed by atoms with Gasteiger partial charge in [0.05, 0.1) is 13.1 Å². The monoisotopic (exact) mass is 302 g/mol. The molecule has 1 amide bonds. The number of amides is 1. The van der Waals surface area contributed by atoms with E-state index in [0.717, 1.165) is 32.5 Å². The second-order valence-corrected chi connectivity index (χ2v) is 5.63. The van der Waals surface area contributed by atoms with E-state index in [9.17, 15) is 4.79 Å². The van der Waals surface area contributed by atoms with E-state index < -0.39 is 0 Å². The van der Waals surface area contributed by atoms with E-state index in [0.29, 0.717) is 19.0 Å². The van der Waals surface area contributed by atoms with E-state index in [1.807, 2.05) is 17.9 Å². The zero-order valence-electron chi connectivity index (χ0n) is 13.6. The SMILES string of the molecule is CCNC(=NCc1cccc(C)c1)NCC(=O)N1CCCC1. The van der Waals surface area contributed by atoms with Crippen LogP contribution in [0.4, 0.5) is 0 Å². The van der Waals surface area contributed by atoms with Crippen LogP contribution < -0.4 is 10.6 Å². The number of nitrogens with zero attached hydrogens (tertiary/aromatic N) is 2. The lowest BCUT2D eigenvalue weighted by molar-refractivity contribution is -0.128. The van der Waals surface area contributed by atoms with Crippen LogP contribution in [-0.4, -0.2) is 42.9 Å². The highest BCUT2D eigenvalue weighted by molar-refractivity contribution is 5.86. The summed E-state index contributed by atoms with van der Waals surface area (Å²) >= 11 is 0. The van der Waals surface area contributed by atoms with E-state index in [4.69, 9.17) is 0 Å². The molecule has 0 unspecified atom stereocenters. The number of aryl methyl sites for hydroxylation is 1. The first-order valence-corrected chi connectivity index (χ1v) is 8.04. The lowest BCUT2D eigenvalue weighted by atomic mass is 10.1. The van der Waals surface area contributed by atoms with E-state index in [1.165, 1.54) is 11.1 Å². The van der Waals surface area contributed by atoms with Gasteiger partial charge in [0.2, 0.25) is 5.91 Å². The maximum Gasteiger partial charge on any atom is 0.241 e. The predicted molar refractivity (Wildman–Crippen MR) is 89.8 cm³/mol. The minimum absolute atomic E-state index is 0.152. The molecule has 5 nitrogen and oxygen atoms in total. The molecule has 1 aromatic rings. The first kappa shape index (κ1) is 16.3. The van der Waals surface area contributed by atoms with Gasteiger partial charge in [-0.05, 0) is 32.3 Å². The molecule has 1 aliphatic rings. The number of rotatable bonds is 5. The molecule has 2 N–H and O–H groups in total. The molecule has 1 aliphatic heterocycles. The fourth-order valence-corrected chi connectivity index (χ4v) is 2.56. The topological polar surface area (TPSA) is 56.7 Å². The van der Waals surface area contributed by atoms with Gasteiger partial charge in [-0.3, -0.25) is 4.79 Å². The molecule has 1 heterocycles. The molecule has 0 bridgehead atoms. The van der Waals surface area contributed by atoms with Gasteiger partial charge in [0.15, 0.2) is 5.96 Å². The first-order valence-electron chi connectivity index (χ1n) is 8.04. The maximum atomic E-state index is 12.1. The number of carbonyl (C=O) groups is 1. The lowest BCUT2D eigenvalue weighted by Crippen LogP contribution is -2.44. The van der Waals surface area contributed by atoms with Crippen LogP contribution in [0.2, 0.25) is 0 Å². The Labute approximate surface area is 132 Å². The number of guanidine groups is 1. The number of benzene rings is 1. The van der Waals surface area contributed by atoms with Crippen molar-refractivity contribution in [3.63, 3.8) is 0 Å². The third-order valence-electron chi connectivity index (χ3n) is 3.71. The van der Waals surface area contributed by atoms with Gasteiger partial charge in [-0.1, -0.05) is 29.8 Å². The average Bonchev–Trinajstić information content (AvgIpc) is 3.04. The van der Waals surface area contributed by atoms with Gasteiger partial charge >= 0.3 is 0 Å². The van der Waals surface area contributed by atoms with Crippen molar-refractivity contribution in [1.29, 1.82) is 0 Å². The summed E-state index contributed by atoms with van der Waals surface area (Å²) in [6.07, 6.45) is 2.24. The van der Waals surface area contributed by atoms with Crippen LogP contribution in [-0.2, 0) is 11.3 Å². The molecule has 1 saturated heterocycles. The van der Waals surface area contributed by atoms with E-state index in [-0.39, 0.29) is 5.91 Å². The Balaban J connectivity index is 1.88. The summed E-state index contributed by atoms with van der Waals surface area (Å²) in [5.74, 6) is 0.843. The Morgan fingerprint density at radius 3 is 2.73 bits per heavy atom. The summed E-state index contributed by atoms with van der Waals surface area (Å²) in [5, 5.41) is 6.31. The van der Waals surface area contributed by atoms with Gasteiger partial charge in [0.25, 0.3) is 0 Å². The molecule has 1 aromatic carbocycles. The molecular weight excluding hydrogens is 276 g/mol. The van der Waals surface area contributed by atoms with Gasteiger partial charge in [-0.25, -0.2) is 4.99 Å². The summed E-state index contributed by atoms with van der Waals surface area (Å²) in [6.45, 7) is 7.55. The van der Waals surface area contributed by atoms with Gasteiger partial charge in [-0.2, -0.15) is 0 Å². The van der Waals surface area contributed by atoms with Crippen molar-refractivity contribution in [2.75, 3.05) is 26.2 Å².